The molecule has 138 valence electrons. The van der Waals surface area contributed by atoms with E-state index in [0.717, 1.165) is 26.0 Å². The fraction of sp³-hybridized carbons (Fsp3) is 0.105. The summed E-state index contributed by atoms with van der Waals surface area (Å²) in [6.07, 6.45) is 1.79. The van der Waals surface area contributed by atoms with E-state index in [2.05, 4.69) is 54.0 Å². The maximum atomic E-state index is 12.2. The predicted molar refractivity (Wildman–Crippen MR) is 117 cm³/mol. The normalized spacial score (nSPS) is 10.6. The van der Waals surface area contributed by atoms with E-state index in [9.17, 15) is 4.79 Å². The minimum Gasteiger partial charge on any atom is -0.325 e. The number of halogens is 2. The highest BCUT2D eigenvalue weighted by Gasteiger charge is 2.15. The SMILES string of the molecule is C=CCn1c(SCC(=O)Nc2ccc(Br)cc2)nnc1-c1ccc(Br)cc1. The first-order valence-corrected chi connectivity index (χ1v) is 10.6. The Morgan fingerprint density at radius 1 is 1.07 bits per heavy atom. The number of nitrogens with zero attached hydrogens (tertiary/aromatic N) is 3. The standard InChI is InChI=1S/C19H16Br2N4OS/c1-2-11-25-18(13-3-5-14(20)6-4-13)23-24-19(25)27-12-17(26)22-16-9-7-15(21)8-10-16/h2-10H,1,11-12H2,(H,22,26). The Morgan fingerprint density at radius 2 is 1.70 bits per heavy atom. The highest BCUT2D eigenvalue weighted by molar-refractivity contribution is 9.10. The maximum Gasteiger partial charge on any atom is 0.234 e. The van der Waals surface area contributed by atoms with E-state index >= 15 is 0 Å². The third kappa shape index (κ3) is 5.31. The molecule has 2 aromatic carbocycles. The average Bonchev–Trinajstić information content (AvgIpc) is 3.06. The second kappa shape index (κ2) is 9.34. The number of anilines is 1. The van der Waals surface area contributed by atoms with Gasteiger partial charge in [-0.05, 0) is 36.4 Å². The molecule has 0 radical (unpaired) electrons. The van der Waals surface area contributed by atoms with Crippen molar-refractivity contribution in [3.8, 4) is 11.4 Å². The molecule has 0 aliphatic carbocycles. The average molecular weight is 508 g/mol. The van der Waals surface area contributed by atoms with Gasteiger partial charge in [0.1, 0.15) is 0 Å². The number of rotatable bonds is 7. The van der Waals surface area contributed by atoms with Gasteiger partial charge in [-0.25, -0.2) is 0 Å². The minimum atomic E-state index is -0.0966. The summed E-state index contributed by atoms with van der Waals surface area (Å²) in [5, 5.41) is 12.1. The van der Waals surface area contributed by atoms with Crippen molar-refractivity contribution in [1.82, 2.24) is 14.8 Å². The molecule has 0 saturated heterocycles. The summed E-state index contributed by atoms with van der Waals surface area (Å²) in [4.78, 5) is 12.2. The number of allylic oxidation sites excluding steroid dienone is 1. The van der Waals surface area contributed by atoms with E-state index in [4.69, 9.17) is 0 Å². The van der Waals surface area contributed by atoms with Crippen molar-refractivity contribution >= 4 is 55.2 Å². The highest BCUT2D eigenvalue weighted by Crippen LogP contribution is 2.25. The summed E-state index contributed by atoms with van der Waals surface area (Å²) >= 11 is 8.16. The number of hydrogen-bond acceptors (Lipinski definition) is 4. The van der Waals surface area contributed by atoms with Gasteiger partial charge in [-0.1, -0.05) is 61.8 Å². The van der Waals surface area contributed by atoms with E-state index in [1.165, 1.54) is 11.8 Å². The van der Waals surface area contributed by atoms with Gasteiger partial charge in [-0.15, -0.1) is 16.8 Å². The molecule has 0 aliphatic heterocycles. The van der Waals surface area contributed by atoms with Gasteiger partial charge in [-0.2, -0.15) is 0 Å². The molecule has 3 aromatic rings. The Hall–Kier alpha value is -1.90. The van der Waals surface area contributed by atoms with Gasteiger partial charge >= 0.3 is 0 Å². The first-order valence-electron chi connectivity index (χ1n) is 8.05. The Labute approximate surface area is 178 Å². The third-order valence-corrected chi connectivity index (χ3v) is 5.62. The lowest BCUT2D eigenvalue weighted by Gasteiger charge is -2.08. The number of benzene rings is 2. The number of aromatic nitrogens is 3. The zero-order valence-electron chi connectivity index (χ0n) is 14.2. The fourth-order valence-corrected chi connectivity index (χ4v) is 3.64. The smallest absolute Gasteiger partial charge is 0.234 e. The van der Waals surface area contributed by atoms with E-state index < -0.39 is 0 Å². The van der Waals surface area contributed by atoms with Crippen LogP contribution >= 0.6 is 43.6 Å². The Bertz CT molecular complexity index is 939. The fourth-order valence-electron chi connectivity index (χ4n) is 2.36. The summed E-state index contributed by atoms with van der Waals surface area (Å²) in [7, 11) is 0. The van der Waals surface area contributed by atoms with Crippen molar-refractivity contribution in [3.05, 3.63) is 70.1 Å². The van der Waals surface area contributed by atoms with Crippen LogP contribution in [0.4, 0.5) is 5.69 Å². The summed E-state index contributed by atoms with van der Waals surface area (Å²) in [6, 6.07) is 15.3. The van der Waals surface area contributed by atoms with Crippen LogP contribution in [0.2, 0.25) is 0 Å². The maximum absolute atomic E-state index is 12.2. The van der Waals surface area contributed by atoms with E-state index in [1.807, 2.05) is 53.1 Å². The van der Waals surface area contributed by atoms with Crippen molar-refractivity contribution in [2.45, 2.75) is 11.7 Å². The Balaban J connectivity index is 1.70. The number of hydrogen-bond donors (Lipinski definition) is 1. The molecular weight excluding hydrogens is 492 g/mol. The molecule has 0 saturated carbocycles. The molecule has 0 atom stereocenters. The third-order valence-electron chi connectivity index (χ3n) is 3.59. The van der Waals surface area contributed by atoms with Crippen LogP contribution in [-0.2, 0) is 11.3 Å². The molecule has 8 heteroatoms. The van der Waals surface area contributed by atoms with Gasteiger partial charge in [0.15, 0.2) is 11.0 Å². The van der Waals surface area contributed by atoms with Crippen LogP contribution < -0.4 is 5.32 Å². The van der Waals surface area contributed by atoms with Gasteiger partial charge in [0.2, 0.25) is 5.91 Å². The molecule has 1 amide bonds. The van der Waals surface area contributed by atoms with Gasteiger partial charge in [0.25, 0.3) is 0 Å². The number of carbonyl (C=O) groups is 1. The first kappa shape index (κ1) is 19.9. The minimum absolute atomic E-state index is 0.0966. The largest absolute Gasteiger partial charge is 0.325 e. The number of amides is 1. The summed E-state index contributed by atoms with van der Waals surface area (Å²) < 4.78 is 3.92. The molecule has 3 rings (SSSR count). The van der Waals surface area contributed by atoms with E-state index in [-0.39, 0.29) is 11.7 Å². The van der Waals surface area contributed by atoms with Crippen LogP contribution in [0, 0.1) is 0 Å². The van der Waals surface area contributed by atoms with E-state index in [0.29, 0.717) is 11.7 Å². The molecule has 1 aromatic heterocycles. The van der Waals surface area contributed by atoms with Gasteiger partial charge < -0.3 is 5.32 Å². The van der Waals surface area contributed by atoms with Crippen LogP contribution in [0.3, 0.4) is 0 Å². The Morgan fingerprint density at radius 3 is 2.33 bits per heavy atom. The number of carbonyl (C=O) groups excluding carboxylic acids is 1. The van der Waals surface area contributed by atoms with Crippen molar-refractivity contribution in [3.63, 3.8) is 0 Å². The van der Waals surface area contributed by atoms with Crippen molar-refractivity contribution < 1.29 is 4.79 Å². The van der Waals surface area contributed by atoms with Crippen LogP contribution in [0.1, 0.15) is 0 Å². The molecule has 0 bridgehead atoms. The Kier molecular flexibility index (Phi) is 6.87. The molecule has 27 heavy (non-hydrogen) atoms. The lowest BCUT2D eigenvalue weighted by molar-refractivity contribution is -0.113. The van der Waals surface area contributed by atoms with Crippen LogP contribution in [0.5, 0.6) is 0 Å². The second-order valence-corrected chi connectivity index (χ2v) is 8.33. The highest BCUT2D eigenvalue weighted by atomic mass is 79.9. The van der Waals surface area contributed by atoms with Crippen molar-refractivity contribution in [1.29, 1.82) is 0 Å². The molecule has 1 heterocycles. The zero-order chi connectivity index (χ0) is 19.2. The first-order chi connectivity index (χ1) is 13.1. The number of nitrogens with one attached hydrogen (secondary N) is 1. The molecule has 0 aliphatic rings. The summed E-state index contributed by atoms with van der Waals surface area (Å²) in [5.41, 5.74) is 1.71. The van der Waals surface area contributed by atoms with Gasteiger partial charge in [0, 0.05) is 26.7 Å². The van der Waals surface area contributed by atoms with Crippen molar-refractivity contribution in [2.24, 2.45) is 0 Å². The topological polar surface area (TPSA) is 59.8 Å². The van der Waals surface area contributed by atoms with Crippen molar-refractivity contribution in [2.75, 3.05) is 11.1 Å². The molecule has 5 nitrogen and oxygen atoms in total. The van der Waals surface area contributed by atoms with Crippen LogP contribution in [-0.4, -0.2) is 26.4 Å². The van der Waals surface area contributed by atoms with E-state index in [1.54, 1.807) is 6.08 Å². The number of thioether (sulfide) groups is 1. The van der Waals surface area contributed by atoms with Crippen LogP contribution in [0.15, 0.2) is 75.3 Å². The quantitative estimate of drug-likeness (QED) is 0.344. The van der Waals surface area contributed by atoms with Gasteiger partial charge in [0.05, 0.1) is 5.75 Å². The molecule has 0 spiro atoms. The lowest BCUT2D eigenvalue weighted by atomic mass is 10.2. The second-order valence-electron chi connectivity index (χ2n) is 5.56. The summed E-state index contributed by atoms with van der Waals surface area (Å²) in [5.74, 6) is 0.893. The lowest BCUT2D eigenvalue weighted by Crippen LogP contribution is -2.14. The molecule has 0 unspecified atom stereocenters. The molecular formula is C19H16Br2N4OS. The monoisotopic (exact) mass is 506 g/mol. The van der Waals surface area contributed by atoms with Gasteiger partial charge in [-0.3, -0.25) is 9.36 Å². The molecule has 1 N–H and O–H groups in total. The van der Waals surface area contributed by atoms with Crippen LogP contribution in [0.25, 0.3) is 11.4 Å². The summed E-state index contributed by atoms with van der Waals surface area (Å²) in [6.45, 7) is 4.37. The molecule has 0 fully saturated rings. The predicted octanol–water partition coefficient (Wildman–Crippen LogP) is 5.39. The zero-order valence-corrected chi connectivity index (χ0v) is 18.2.